The lowest BCUT2D eigenvalue weighted by Crippen LogP contribution is -2.43. The van der Waals surface area contributed by atoms with E-state index in [4.69, 9.17) is 4.74 Å². The van der Waals surface area contributed by atoms with Crippen molar-refractivity contribution in [2.75, 3.05) is 19.7 Å². The third kappa shape index (κ3) is 3.51. The van der Waals surface area contributed by atoms with Gasteiger partial charge in [-0.05, 0) is 31.5 Å². The van der Waals surface area contributed by atoms with Crippen molar-refractivity contribution in [1.29, 1.82) is 0 Å². The van der Waals surface area contributed by atoms with Crippen LogP contribution in [-0.4, -0.2) is 40.5 Å². The first kappa shape index (κ1) is 15.1. The van der Waals surface area contributed by atoms with Crippen LogP contribution in [0.1, 0.15) is 28.1 Å². The summed E-state index contributed by atoms with van der Waals surface area (Å²) < 4.78 is 5.82. The van der Waals surface area contributed by atoms with Crippen molar-refractivity contribution in [3.63, 3.8) is 0 Å². The van der Waals surface area contributed by atoms with E-state index in [0.29, 0.717) is 26.1 Å². The highest BCUT2D eigenvalue weighted by Crippen LogP contribution is 2.23. The van der Waals surface area contributed by atoms with Crippen LogP contribution in [0.3, 0.4) is 0 Å². The third-order valence-electron chi connectivity index (χ3n) is 3.71. The molecule has 1 saturated heterocycles. The highest BCUT2D eigenvalue weighted by molar-refractivity contribution is 7.09. The van der Waals surface area contributed by atoms with E-state index in [2.05, 4.69) is 9.97 Å². The van der Waals surface area contributed by atoms with Gasteiger partial charge in [-0.25, -0.2) is 4.98 Å². The molecule has 1 unspecified atom stereocenters. The molecule has 0 bridgehead atoms. The van der Waals surface area contributed by atoms with Crippen molar-refractivity contribution in [3.05, 3.63) is 45.7 Å². The molecule has 3 rings (SSSR count). The number of thiazole rings is 1. The Bertz CT molecular complexity index is 671. The molecule has 5 nitrogen and oxygen atoms in total. The Morgan fingerprint density at radius 3 is 3.09 bits per heavy atom. The van der Waals surface area contributed by atoms with Gasteiger partial charge in [0.15, 0.2) is 0 Å². The van der Waals surface area contributed by atoms with Gasteiger partial charge in [0.05, 0.1) is 30.3 Å². The molecule has 0 aliphatic carbocycles. The van der Waals surface area contributed by atoms with E-state index in [1.54, 1.807) is 17.5 Å². The molecule has 0 spiro atoms. The Balaban J connectivity index is 1.66. The van der Waals surface area contributed by atoms with Gasteiger partial charge in [0.1, 0.15) is 6.10 Å². The van der Waals surface area contributed by atoms with Gasteiger partial charge in [-0.2, -0.15) is 0 Å². The van der Waals surface area contributed by atoms with Crippen LogP contribution in [0.15, 0.2) is 23.7 Å². The maximum Gasteiger partial charge on any atom is 0.228 e. The van der Waals surface area contributed by atoms with Crippen molar-refractivity contribution in [3.8, 4) is 0 Å². The summed E-state index contributed by atoms with van der Waals surface area (Å²) in [6, 6.07) is 3.97. The lowest BCUT2D eigenvalue weighted by Gasteiger charge is -2.33. The molecule has 22 heavy (non-hydrogen) atoms. The van der Waals surface area contributed by atoms with E-state index in [9.17, 15) is 4.79 Å². The highest BCUT2D eigenvalue weighted by Gasteiger charge is 2.25. The Hall–Kier alpha value is -1.79. The number of rotatable bonds is 3. The largest absolute Gasteiger partial charge is 0.370 e. The number of carbonyl (C=O) groups excluding carboxylic acids is 1. The van der Waals surface area contributed by atoms with Gasteiger partial charge in [-0.1, -0.05) is 0 Å². The first-order valence-corrected chi connectivity index (χ1v) is 8.23. The minimum Gasteiger partial charge on any atom is -0.370 e. The van der Waals surface area contributed by atoms with Crippen LogP contribution < -0.4 is 0 Å². The first-order chi connectivity index (χ1) is 10.6. The average molecular weight is 317 g/mol. The van der Waals surface area contributed by atoms with Crippen LogP contribution in [0.4, 0.5) is 0 Å². The standard InChI is InChI=1S/C16H19N3O2S/c1-11-7-13(3-4-17-11)15-9-19(5-6-21-15)16(20)8-14-10-22-12(2)18-14/h3-4,7,10,15H,5-6,8-9H2,1-2H3. The second kappa shape index (κ2) is 6.54. The summed E-state index contributed by atoms with van der Waals surface area (Å²) in [6.45, 7) is 5.71. The van der Waals surface area contributed by atoms with E-state index in [1.807, 2.05) is 36.3 Å². The fourth-order valence-corrected chi connectivity index (χ4v) is 3.21. The van der Waals surface area contributed by atoms with E-state index in [0.717, 1.165) is 22.0 Å². The predicted molar refractivity (Wildman–Crippen MR) is 84.8 cm³/mol. The number of hydrogen-bond acceptors (Lipinski definition) is 5. The van der Waals surface area contributed by atoms with Gasteiger partial charge < -0.3 is 9.64 Å². The molecule has 116 valence electrons. The molecular weight excluding hydrogens is 298 g/mol. The Kier molecular flexibility index (Phi) is 4.49. The van der Waals surface area contributed by atoms with Gasteiger partial charge in [0.25, 0.3) is 0 Å². The van der Waals surface area contributed by atoms with Gasteiger partial charge in [0.2, 0.25) is 5.91 Å². The number of amides is 1. The average Bonchev–Trinajstić information content (AvgIpc) is 2.92. The van der Waals surface area contributed by atoms with Crippen molar-refractivity contribution >= 4 is 17.2 Å². The molecule has 0 N–H and O–H groups in total. The lowest BCUT2D eigenvalue weighted by molar-refractivity contribution is -0.138. The molecule has 2 aromatic heterocycles. The predicted octanol–water partition coefficient (Wildman–Crippen LogP) is 2.30. The quantitative estimate of drug-likeness (QED) is 0.871. The van der Waals surface area contributed by atoms with Crippen LogP contribution in [0.25, 0.3) is 0 Å². The number of pyridine rings is 1. The van der Waals surface area contributed by atoms with Crippen molar-refractivity contribution in [1.82, 2.24) is 14.9 Å². The summed E-state index contributed by atoms with van der Waals surface area (Å²) in [6.07, 6.45) is 2.08. The molecule has 3 heterocycles. The molecule has 0 radical (unpaired) electrons. The fourth-order valence-electron chi connectivity index (χ4n) is 2.60. The second-order valence-corrected chi connectivity index (χ2v) is 6.53. The maximum absolute atomic E-state index is 12.4. The zero-order valence-corrected chi connectivity index (χ0v) is 13.6. The monoisotopic (exact) mass is 317 g/mol. The molecular formula is C16H19N3O2S. The minimum absolute atomic E-state index is 0.0726. The van der Waals surface area contributed by atoms with E-state index >= 15 is 0 Å². The Labute approximate surface area is 134 Å². The summed E-state index contributed by atoms with van der Waals surface area (Å²) in [5.41, 5.74) is 2.90. The minimum atomic E-state index is -0.0726. The zero-order valence-electron chi connectivity index (χ0n) is 12.8. The summed E-state index contributed by atoms with van der Waals surface area (Å²) in [5, 5.41) is 2.95. The number of aromatic nitrogens is 2. The summed E-state index contributed by atoms with van der Waals surface area (Å²) in [7, 11) is 0. The highest BCUT2D eigenvalue weighted by atomic mass is 32.1. The van der Waals surface area contributed by atoms with Crippen LogP contribution in [0.2, 0.25) is 0 Å². The summed E-state index contributed by atoms with van der Waals surface area (Å²) in [4.78, 5) is 22.9. The van der Waals surface area contributed by atoms with Crippen LogP contribution in [0, 0.1) is 13.8 Å². The van der Waals surface area contributed by atoms with Crippen LogP contribution >= 0.6 is 11.3 Å². The van der Waals surface area contributed by atoms with Crippen molar-refractivity contribution in [2.24, 2.45) is 0 Å². The van der Waals surface area contributed by atoms with Gasteiger partial charge >= 0.3 is 0 Å². The second-order valence-electron chi connectivity index (χ2n) is 5.46. The Morgan fingerprint density at radius 2 is 2.36 bits per heavy atom. The summed E-state index contributed by atoms with van der Waals surface area (Å²) >= 11 is 1.58. The van der Waals surface area contributed by atoms with Crippen LogP contribution in [0.5, 0.6) is 0 Å². The molecule has 1 amide bonds. The first-order valence-electron chi connectivity index (χ1n) is 7.35. The van der Waals surface area contributed by atoms with E-state index in [-0.39, 0.29) is 12.0 Å². The maximum atomic E-state index is 12.4. The molecule has 1 fully saturated rings. The molecule has 1 aliphatic rings. The van der Waals surface area contributed by atoms with Crippen molar-refractivity contribution in [2.45, 2.75) is 26.4 Å². The molecule has 1 aliphatic heterocycles. The number of ether oxygens (including phenoxy) is 1. The number of aryl methyl sites for hydroxylation is 2. The van der Waals surface area contributed by atoms with Gasteiger partial charge in [-0.15, -0.1) is 11.3 Å². The molecule has 1 atom stereocenters. The third-order valence-corrected chi connectivity index (χ3v) is 4.53. The molecule has 0 saturated carbocycles. The zero-order chi connectivity index (χ0) is 15.5. The van der Waals surface area contributed by atoms with Gasteiger partial charge in [-0.3, -0.25) is 9.78 Å². The normalized spacial score (nSPS) is 18.5. The number of hydrogen-bond donors (Lipinski definition) is 0. The smallest absolute Gasteiger partial charge is 0.228 e. The number of nitrogens with zero attached hydrogens (tertiary/aromatic N) is 3. The lowest BCUT2D eigenvalue weighted by atomic mass is 10.1. The van der Waals surface area contributed by atoms with E-state index in [1.165, 1.54) is 0 Å². The molecule has 6 heteroatoms. The van der Waals surface area contributed by atoms with Gasteiger partial charge in [0, 0.05) is 23.8 Å². The molecule has 0 aromatic carbocycles. The fraction of sp³-hybridized carbons (Fsp3) is 0.438. The number of carbonyl (C=O) groups is 1. The van der Waals surface area contributed by atoms with E-state index < -0.39 is 0 Å². The SMILES string of the molecule is Cc1cc(C2CN(C(=O)Cc3csc(C)n3)CCO2)ccn1. The Morgan fingerprint density at radius 1 is 1.50 bits per heavy atom. The topological polar surface area (TPSA) is 55.3 Å². The molecule has 2 aromatic rings. The van der Waals surface area contributed by atoms with Crippen LogP contribution in [-0.2, 0) is 16.0 Å². The summed E-state index contributed by atoms with van der Waals surface area (Å²) in [5.74, 6) is 0.115. The number of morpholine rings is 1. The van der Waals surface area contributed by atoms with Crippen molar-refractivity contribution < 1.29 is 9.53 Å².